The van der Waals surface area contributed by atoms with E-state index in [1.165, 1.54) is 6.20 Å². The summed E-state index contributed by atoms with van der Waals surface area (Å²) in [6.45, 7) is -0.406. The number of aromatic amines is 1. The summed E-state index contributed by atoms with van der Waals surface area (Å²) in [7, 11) is 0. The van der Waals surface area contributed by atoms with Gasteiger partial charge in [-0.1, -0.05) is 11.6 Å². The maximum Gasteiger partial charge on any atom is 0.335 e. The lowest BCUT2D eigenvalue weighted by Crippen LogP contribution is -2.46. The number of rotatable bonds is 3. The van der Waals surface area contributed by atoms with E-state index in [2.05, 4.69) is 4.98 Å². The minimum atomic E-state index is -1.21. The zero-order valence-electron chi connectivity index (χ0n) is 10.4. The molecule has 1 aliphatic heterocycles. The first-order valence-electron chi connectivity index (χ1n) is 6.19. The topological polar surface area (TPSA) is 105 Å². The van der Waals surface area contributed by atoms with Crippen molar-refractivity contribution in [2.45, 2.75) is 24.5 Å². The average molecular weight is 301 g/mol. The number of ether oxygens (including phenoxy) is 1. The Morgan fingerprint density at radius 2 is 2.20 bits per heavy atom. The van der Waals surface area contributed by atoms with E-state index in [0.717, 1.165) is 23.5 Å². The molecular formula is C12H13ClN2O5. The van der Waals surface area contributed by atoms with Crippen molar-refractivity contribution in [3.63, 3.8) is 0 Å². The average Bonchev–Trinajstić information content (AvgIpc) is 3.22. The third kappa shape index (κ3) is 1.81. The molecule has 0 spiro atoms. The molecule has 3 rings (SSSR count). The molecule has 1 aromatic rings. The van der Waals surface area contributed by atoms with Crippen molar-refractivity contribution in [1.82, 2.24) is 9.55 Å². The molecule has 0 amide bonds. The molecule has 1 fully saturated rings. The molecule has 8 heteroatoms. The molecule has 7 nitrogen and oxygen atoms in total. The van der Waals surface area contributed by atoms with Crippen molar-refractivity contribution >= 4 is 17.5 Å². The molecular weight excluding hydrogens is 288 g/mol. The number of nitrogens with zero attached hydrogens (tertiary/aromatic N) is 1. The monoisotopic (exact) mass is 300 g/mol. The number of halogens is 1. The summed E-state index contributed by atoms with van der Waals surface area (Å²) in [5.74, 6) is -0.0615. The molecule has 0 bridgehead atoms. The predicted molar refractivity (Wildman–Crippen MR) is 70.0 cm³/mol. The first-order chi connectivity index (χ1) is 9.49. The Morgan fingerprint density at radius 3 is 2.75 bits per heavy atom. The number of aliphatic hydroxyl groups excluding tert-OH is 2. The van der Waals surface area contributed by atoms with Gasteiger partial charge in [-0.05, 0) is 12.8 Å². The van der Waals surface area contributed by atoms with Crippen molar-refractivity contribution in [2.75, 3.05) is 6.61 Å². The molecule has 108 valence electrons. The van der Waals surface area contributed by atoms with Crippen LogP contribution in [-0.2, 0) is 4.74 Å². The minimum absolute atomic E-state index is 0.00721. The number of aliphatic hydroxyl groups is 2. The zero-order chi connectivity index (χ0) is 14.5. The second-order valence-corrected chi connectivity index (χ2v) is 5.43. The summed E-state index contributed by atoms with van der Waals surface area (Å²) >= 11 is 6.05. The second-order valence-electron chi connectivity index (χ2n) is 5.03. The van der Waals surface area contributed by atoms with Crippen molar-refractivity contribution < 1.29 is 14.9 Å². The van der Waals surface area contributed by atoms with Crippen LogP contribution in [0.3, 0.4) is 0 Å². The van der Waals surface area contributed by atoms with E-state index in [-0.39, 0.29) is 16.8 Å². The Kier molecular flexibility index (Phi) is 3.00. The Hall–Kier alpha value is -1.57. The van der Waals surface area contributed by atoms with Crippen LogP contribution < -0.4 is 11.2 Å². The fourth-order valence-corrected chi connectivity index (χ4v) is 2.80. The highest BCUT2D eigenvalue weighted by Crippen LogP contribution is 2.51. The molecule has 0 aromatic carbocycles. The van der Waals surface area contributed by atoms with Gasteiger partial charge in [0.2, 0.25) is 5.88 Å². The highest BCUT2D eigenvalue weighted by atomic mass is 35.5. The molecule has 0 saturated heterocycles. The summed E-state index contributed by atoms with van der Waals surface area (Å²) in [4.78, 5) is 24.9. The van der Waals surface area contributed by atoms with Crippen molar-refractivity contribution in [1.29, 1.82) is 0 Å². The molecule has 0 unspecified atom stereocenters. The van der Waals surface area contributed by atoms with Crippen molar-refractivity contribution in [2.24, 2.45) is 5.92 Å². The Labute approximate surface area is 118 Å². The normalized spacial score (nSPS) is 29.6. The summed E-state index contributed by atoms with van der Waals surface area (Å²) < 4.78 is 6.65. The summed E-state index contributed by atoms with van der Waals surface area (Å²) in [6.07, 6.45) is 1.65. The molecule has 1 saturated carbocycles. The lowest BCUT2D eigenvalue weighted by Gasteiger charge is -2.30. The van der Waals surface area contributed by atoms with Gasteiger partial charge in [-0.2, -0.15) is 0 Å². The van der Waals surface area contributed by atoms with Crippen LogP contribution in [0.1, 0.15) is 12.8 Å². The molecule has 1 aliphatic carbocycles. The molecule has 2 aliphatic rings. The lowest BCUT2D eigenvalue weighted by molar-refractivity contribution is -0.0853. The van der Waals surface area contributed by atoms with Gasteiger partial charge >= 0.3 is 5.69 Å². The van der Waals surface area contributed by atoms with Gasteiger partial charge in [-0.15, -0.1) is 0 Å². The van der Waals surface area contributed by atoms with Crippen molar-refractivity contribution in [3.05, 3.63) is 38.1 Å². The third-order valence-electron chi connectivity index (χ3n) is 3.75. The van der Waals surface area contributed by atoms with Crippen molar-refractivity contribution in [3.8, 4) is 0 Å². The fourth-order valence-electron chi connectivity index (χ4n) is 2.48. The number of aromatic nitrogens is 2. The lowest BCUT2D eigenvalue weighted by atomic mass is 9.93. The first-order valence-corrected chi connectivity index (χ1v) is 6.57. The van der Waals surface area contributed by atoms with E-state index in [0.29, 0.717) is 0 Å². The minimum Gasteiger partial charge on any atom is -0.465 e. The standard InChI is InChI=1S/C12H13ClN2O5/c13-8-9(18)12(5-16,6-1-2-6)20-10(8)15-4-3-7(17)14-11(15)19/h3-4,6,9,16,18H,1-2,5H2,(H,14,17,19)/t9-,12-/m0/s1. The van der Waals surface area contributed by atoms with Crippen LogP contribution in [0.4, 0.5) is 0 Å². The van der Waals surface area contributed by atoms with Crippen LogP contribution >= 0.6 is 11.6 Å². The van der Waals surface area contributed by atoms with Gasteiger partial charge in [0.25, 0.3) is 5.56 Å². The van der Waals surface area contributed by atoms with E-state index in [1.807, 2.05) is 0 Å². The number of H-pyrrole nitrogens is 1. The quantitative estimate of drug-likeness (QED) is 0.694. The third-order valence-corrected chi connectivity index (χ3v) is 4.12. The van der Waals surface area contributed by atoms with Gasteiger partial charge in [-0.3, -0.25) is 9.78 Å². The molecule has 1 aromatic heterocycles. The van der Waals surface area contributed by atoms with Gasteiger partial charge in [0.15, 0.2) is 5.60 Å². The largest absolute Gasteiger partial charge is 0.465 e. The number of hydrogen-bond acceptors (Lipinski definition) is 5. The van der Waals surface area contributed by atoms with E-state index in [4.69, 9.17) is 16.3 Å². The maximum atomic E-state index is 11.8. The summed E-state index contributed by atoms with van der Waals surface area (Å²) in [5.41, 5.74) is -2.47. The highest BCUT2D eigenvalue weighted by molar-refractivity contribution is 6.32. The number of hydrogen-bond donors (Lipinski definition) is 3. The predicted octanol–water partition coefficient (Wildman–Crippen LogP) is -0.566. The Balaban J connectivity index is 2.06. The maximum absolute atomic E-state index is 11.8. The van der Waals surface area contributed by atoms with Gasteiger partial charge < -0.3 is 14.9 Å². The summed E-state index contributed by atoms with van der Waals surface area (Å²) in [5, 5.41) is 19.8. The number of nitrogens with one attached hydrogen (secondary N) is 1. The van der Waals surface area contributed by atoms with Crippen LogP contribution in [0.25, 0.3) is 5.88 Å². The SMILES string of the molecule is O=c1ccn(C2=C(Cl)[C@H](O)[C@](CO)(C3CC3)O2)c(=O)[nH]1. The van der Waals surface area contributed by atoms with Gasteiger partial charge in [-0.25, -0.2) is 9.36 Å². The highest BCUT2D eigenvalue weighted by Gasteiger charge is 2.58. The van der Waals surface area contributed by atoms with Crippen LogP contribution in [0, 0.1) is 5.92 Å². The Bertz CT molecular complexity index is 690. The van der Waals surface area contributed by atoms with Gasteiger partial charge in [0, 0.05) is 18.2 Å². The smallest absolute Gasteiger partial charge is 0.335 e. The fraction of sp³-hybridized carbons (Fsp3) is 0.500. The molecule has 20 heavy (non-hydrogen) atoms. The molecule has 2 atom stereocenters. The molecule has 3 N–H and O–H groups in total. The van der Waals surface area contributed by atoms with E-state index >= 15 is 0 Å². The van der Waals surface area contributed by atoms with Crippen LogP contribution in [-0.4, -0.2) is 38.1 Å². The van der Waals surface area contributed by atoms with Crippen LogP contribution in [0.2, 0.25) is 0 Å². The summed E-state index contributed by atoms with van der Waals surface area (Å²) in [6, 6.07) is 1.14. The van der Waals surface area contributed by atoms with Gasteiger partial charge in [0.1, 0.15) is 11.1 Å². The van der Waals surface area contributed by atoms with Crippen LogP contribution in [0.5, 0.6) is 0 Å². The molecule has 0 radical (unpaired) electrons. The zero-order valence-corrected chi connectivity index (χ0v) is 11.1. The molecule has 2 heterocycles. The van der Waals surface area contributed by atoms with E-state index < -0.39 is 29.6 Å². The van der Waals surface area contributed by atoms with E-state index in [1.54, 1.807) is 0 Å². The van der Waals surface area contributed by atoms with E-state index in [9.17, 15) is 19.8 Å². The van der Waals surface area contributed by atoms with Gasteiger partial charge in [0.05, 0.1) is 6.61 Å². The first kappa shape index (κ1) is 13.4. The van der Waals surface area contributed by atoms with Crippen LogP contribution in [0.15, 0.2) is 26.9 Å². The Morgan fingerprint density at radius 1 is 1.50 bits per heavy atom. The second kappa shape index (κ2) is 4.47.